The van der Waals surface area contributed by atoms with Gasteiger partial charge in [-0.25, -0.2) is 0 Å². The molecule has 0 bridgehead atoms. The van der Waals surface area contributed by atoms with Gasteiger partial charge in [-0.2, -0.15) is 0 Å². The number of rotatable bonds is 7. The number of hydrogen-bond donors (Lipinski definition) is 5. The maximum Gasteiger partial charge on any atom is 0.189 e. The molecule has 0 aromatic rings. The zero-order valence-corrected chi connectivity index (χ0v) is 9.41. The predicted molar refractivity (Wildman–Crippen MR) is 57.9 cm³/mol. The molecule has 0 saturated carbocycles. The number of Topliss-reactive ketones (excluding diaryl/α,β-unsaturated/α-hetero) is 2. The predicted octanol–water partition coefficient (Wildman–Crippen LogP) is -2.90. The molecule has 0 rings (SSSR count). The largest absolute Gasteiger partial charge is 0.394 e. The molecule has 0 fully saturated rings. The van der Waals surface area contributed by atoms with Gasteiger partial charge in [0, 0.05) is 0 Å². The molecular weight excluding hydrogens is 230 g/mol. The quantitative estimate of drug-likeness (QED) is 0.240. The lowest BCUT2D eigenvalue weighted by Crippen LogP contribution is -2.52. The van der Waals surface area contributed by atoms with Gasteiger partial charge in [0.25, 0.3) is 0 Å². The van der Waals surface area contributed by atoms with Crippen LogP contribution in [0, 0.1) is 0 Å². The minimum atomic E-state index is -1.98. The van der Waals surface area contributed by atoms with Gasteiger partial charge in [-0.1, -0.05) is 6.58 Å². The second-order valence-corrected chi connectivity index (χ2v) is 3.73. The van der Waals surface area contributed by atoms with Gasteiger partial charge in [0.15, 0.2) is 11.6 Å². The first-order valence-electron chi connectivity index (χ1n) is 4.87. The van der Waals surface area contributed by atoms with E-state index in [2.05, 4.69) is 6.58 Å². The molecule has 0 saturated heterocycles. The van der Waals surface area contributed by atoms with Crippen LogP contribution in [0.2, 0.25) is 0 Å². The van der Waals surface area contributed by atoms with Gasteiger partial charge in [-0.05, 0) is 12.5 Å². The zero-order chi connectivity index (χ0) is 13.7. The van der Waals surface area contributed by atoms with E-state index in [1.165, 1.54) is 6.92 Å². The normalized spacial score (nSPS) is 18.0. The second kappa shape index (κ2) is 6.58. The van der Waals surface area contributed by atoms with Crippen molar-refractivity contribution >= 4 is 11.6 Å². The number of hydrogen-bond acceptors (Lipinski definition) is 7. The average molecular weight is 247 g/mol. The lowest BCUT2D eigenvalue weighted by molar-refractivity contribution is -0.141. The van der Waals surface area contributed by atoms with Gasteiger partial charge >= 0.3 is 0 Å². The van der Waals surface area contributed by atoms with Crippen molar-refractivity contribution in [1.82, 2.24) is 0 Å². The van der Waals surface area contributed by atoms with Crippen LogP contribution in [0.3, 0.4) is 0 Å². The van der Waals surface area contributed by atoms with E-state index < -0.39 is 42.5 Å². The molecule has 0 aromatic heterocycles. The van der Waals surface area contributed by atoms with Crippen molar-refractivity contribution in [2.45, 2.75) is 31.3 Å². The van der Waals surface area contributed by atoms with E-state index in [1.54, 1.807) is 0 Å². The molecule has 0 aromatic carbocycles. The maximum atomic E-state index is 11.4. The van der Waals surface area contributed by atoms with Crippen molar-refractivity contribution < 1.29 is 30.0 Å². The van der Waals surface area contributed by atoms with Gasteiger partial charge < -0.3 is 26.2 Å². The molecule has 7 nitrogen and oxygen atoms in total. The topological polar surface area (TPSA) is 141 Å². The van der Waals surface area contributed by atoms with Crippen LogP contribution in [0.1, 0.15) is 6.92 Å². The molecule has 6 N–H and O–H groups in total. The van der Waals surface area contributed by atoms with E-state index in [0.29, 0.717) is 0 Å². The van der Waals surface area contributed by atoms with E-state index in [1.807, 2.05) is 0 Å². The molecule has 0 radical (unpaired) electrons. The van der Waals surface area contributed by atoms with Crippen LogP contribution in [0.15, 0.2) is 12.2 Å². The summed E-state index contributed by atoms with van der Waals surface area (Å²) in [5.41, 5.74) is 5.35. The van der Waals surface area contributed by atoms with Gasteiger partial charge in [-0.15, -0.1) is 0 Å². The molecule has 4 atom stereocenters. The molecule has 7 heteroatoms. The Morgan fingerprint density at radius 2 is 1.71 bits per heavy atom. The summed E-state index contributed by atoms with van der Waals surface area (Å²) in [5, 5.41) is 36.1. The van der Waals surface area contributed by atoms with Crippen LogP contribution in [0.25, 0.3) is 0 Å². The molecule has 17 heavy (non-hydrogen) atoms. The van der Waals surface area contributed by atoms with Crippen molar-refractivity contribution in [3.8, 4) is 0 Å². The Morgan fingerprint density at radius 3 is 2.06 bits per heavy atom. The Hall–Kier alpha value is -1.12. The summed E-state index contributed by atoms with van der Waals surface area (Å²) in [7, 11) is 0. The van der Waals surface area contributed by atoms with Crippen LogP contribution in [-0.2, 0) is 9.59 Å². The SMILES string of the molecule is C=C(C)C(O)C(=O)[C@H](N)C(=O)[C@H](O)[C@H](O)CO. The molecule has 0 amide bonds. The van der Waals surface area contributed by atoms with Gasteiger partial charge in [0.05, 0.1) is 6.61 Å². The third-order valence-corrected chi connectivity index (χ3v) is 2.19. The van der Waals surface area contributed by atoms with E-state index in [9.17, 15) is 19.8 Å². The zero-order valence-electron chi connectivity index (χ0n) is 9.41. The van der Waals surface area contributed by atoms with Crippen LogP contribution >= 0.6 is 0 Å². The van der Waals surface area contributed by atoms with Crippen molar-refractivity contribution in [2.75, 3.05) is 6.61 Å². The number of ketones is 2. The summed E-state index contributed by atoms with van der Waals surface area (Å²) in [6.45, 7) is 3.85. The summed E-state index contributed by atoms with van der Waals surface area (Å²) in [5.74, 6) is -2.19. The molecule has 0 heterocycles. The summed E-state index contributed by atoms with van der Waals surface area (Å²) in [6.07, 6.45) is -5.30. The third-order valence-electron chi connectivity index (χ3n) is 2.19. The molecule has 0 aliphatic heterocycles. The van der Waals surface area contributed by atoms with E-state index in [4.69, 9.17) is 15.9 Å². The highest BCUT2D eigenvalue weighted by atomic mass is 16.4. The number of aliphatic hydroxyl groups excluding tert-OH is 4. The summed E-state index contributed by atoms with van der Waals surface area (Å²) in [6, 6.07) is -1.78. The van der Waals surface area contributed by atoms with Gasteiger partial charge in [-0.3, -0.25) is 9.59 Å². The smallest absolute Gasteiger partial charge is 0.189 e. The lowest BCUT2D eigenvalue weighted by Gasteiger charge is -2.19. The molecule has 0 aliphatic carbocycles. The monoisotopic (exact) mass is 247 g/mol. The number of aliphatic hydroxyl groups is 4. The summed E-state index contributed by atoms with van der Waals surface area (Å²) >= 11 is 0. The Labute approximate surface area is 98.2 Å². The Bertz CT molecular complexity index is 316. The second-order valence-electron chi connectivity index (χ2n) is 3.73. The first kappa shape index (κ1) is 15.9. The molecule has 98 valence electrons. The van der Waals surface area contributed by atoms with Gasteiger partial charge in [0.2, 0.25) is 0 Å². The van der Waals surface area contributed by atoms with E-state index in [0.717, 1.165) is 0 Å². The van der Waals surface area contributed by atoms with Crippen molar-refractivity contribution in [2.24, 2.45) is 5.73 Å². The Balaban J connectivity index is 4.71. The molecule has 0 spiro atoms. The summed E-state index contributed by atoms with van der Waals surface area (Å²) < 4.78 is 0. The molecule has 0 aliphatic rings. The highest BCUT2D eigenvalue weighted by molar-refractivity contribution is 6.10. The first-order chi connectivity index (χ1) is 7.73. The van der Waals surface area contributed by atoms with Crippen molar-refractivity contribution in [3.05, 3.63) is 12.2 Å². The maximum absolute atomic E-state index is 11.4. The van der Waals surface area contributed by atoms with Crippen LogP contribution in [0.5, 0.6) is 0 Å². The third kappa shape index (κ3) is 3.99. The van der Waals surface area contributed by atoms with Gasteiger partial charge in [0.1, 0.15) is 24.4 Å². The first-order valence-corrected chi connectivity index (χ1v) is 4.87. The Kier molecular flexibility index (Phi) is 6.14. The highest BCUT2D eigenvalue weighted by Gasteiger charge is 2.35. The number of carbonyl (C=O) groups is 2. The highest BCUT2D eigenvalue weighted by Crippen LogP contribution is 2.05. The number of carbonyl (C=O) groups excluding carboxylic acids is 2. The Morgan fingerprint density at radius 1 is 1.24 bits per heavy atom. The van der Waals surface area contributed by atoms with E-state index >= 15 is 0 Å². The summed E-state index contributed by atoms with van der Waals surface area (Å²) in [4.78, 5) is 22.8. The average Bonchev–Trinajstić information content (AvgIpc) is 2.32. The fraction of sp³-hybridized carbons (Fsp3) is 0.600. The fourth-order valence-corrected chi connectivity index (χ4v) is 1.03. The molecule has 1 unspecified atom stereocenters. The minimum Gasteiger partial charge on any atom is -0.394 e. The molecular formula is C10H17NO6. The van der Waals surface area contributed by atoms with Crippen LogP contribution < -0.4 is 5.73 Å². The minimum absolute atomic E-state index is 0.107. The van der Waals surface area contributed by atoms with Crippen molar-refractivity contribution in [3.63, 3.8) is 0 Å². The van der Waals surface area contributed by atoms with Crippen LogP contribution in [-0.4, -0.2) is 63.0 Å². The number of nitrogens with two attached hydrogens (primary N) is 1. The van der Waals surface area contributed by atoms with E-state index in [-0.39, 0.29) is 5.57 Å². The van der Waals surface area contributed by atoms with Crippen molar-refractivity contribution in [1.29, 1.82) is 0 Å². The fourth-order valence-electron chi connectivity index (χ4n) is 1.03. The lowest BCUT2D eigenvalue weighted by atomic mass is 9.95. The van der Waals surface area contributed by atoms with Crippen LogP contribution in [0.4, 0.5) is 0 Å². The standard InChI is InChI=1S/C10H17NO6/c1-4(2)7(14)9(16)6(11)10(17)8(15)5(13)3-12/h5-8,12-15H,1,3,11H2,2H3/t5-,6+,7?,8-/m1/s1.